The highest BCUT2D eigenvalue weighted by molar-refractivity contribution is 5.67. The Kier molecular flexibility index (Phi) is 14.0. The molecule has 0 aromatic rings. The van der Waals surface area contributed by atoms with Gasteiger partial charge in [0, 0.05) is 13.8 Å². The van der Waals surface area contributed by atoms with Crippen LogP contribution in [-0.2, 0) is 19.1 Å². The van der Waals surface area contributed by atoms with E-state index in [0.29, 0.717) is 6.42 Å². The van der Waals surface area contributed by atoms with Gasteiger partial charge in [-0.2, -0.15) is 0 Å². The fourth-order valence-corrected chi connectivity index (χ4v) is 2.19. The zero-order valence-electron chi connectivity index (χ0n) is 15.7. The van der Waals surface area contributed by atoms with Crippen molar-refractivity contribution in [3.05, 3.63) is 12.7 Å². The van der Waals surface area contributed by atoms with E-state index < -0.39 is 18.2 Å². The van der Waals surface area contributed by atoms with Gasteiger partial charge in [0.1, 0.15) is 0 Å². The number of ether oxygens (including phenoxy) is 2. The largest absolute Gasteiger partial charge is 0.449 e. The van der Waals surface area contributed by atoms with Crippen molar-refractivity contribution >= 4 is 11.9 Å². The third-order valence-electron chi connectivity index (χ3n) is 3.40. The average Bonchev–Trinajstić information content (AvgIpc) is 2.55. The van der Waals surface area contributed by atoms with E-state index in [2.05, 4.69) is 37.2 Å². The van der Waals surface area contributed by atoms with E-state index in [1.54, 1.807) is 0 Å². The summed E-state index contributed by atoms with van der Waals surface area (Å²) < 4.78 is 10.1. The summed E-state index contributed by atoms with van der Waals surface area (Å²) in [6.45, 7) is 8.43. The van der Waals surface area contributed by atoms with Gasteiger partial charge in [0.15, 0.2) is 12.2 Å². The molecule has 0 heterocycles. The normalized spacial score (nSPS) is 11.8. The number of carbonyl (C=O) groups is 2. The van der Waals surface area contributed by atoms with Crippen LogP contribution in [0.3, 0.4) is 0 Å². The molecule has 0 aliphatic rings. The van der Waals surface area contributed by atoms with Crippen LogP contribution in [0.2, 0.25) is 0 Å². The third-order valence-corrected chi connectivity index (χ3v) is 3.40. The molecule has 0 saturated heterocycles. The molecule has 0 amide bonds. The molecule has 4 heteroatoms. The van der Waals surface area contributed by atoms with Crippen LogP contribution in [0.25, 0.3) is 0 Å². The predicted octanol–water partition coefficient (Wildman–Crippen LogP) is 4.18. The van der Waals surface area contributed by atoms with Gasteiger partial charge in [-0.05, 0) is 42.6 Å². The van der Waals surface area contributed by atoms with Gasteiger partial charge in [-0.25, -0.2) is 0 Å². The van der Waals surface area contributed by atoms with Crippen LogP contribution in [0.5, 0.6) is 0 Å². The number of hydrogen-bond acceptors (Lipinski definition) is 4. The number of rotatable bonds is 11. The van der Waals surface area contributed by atoms with E-state index in [9.17, 15) is 9.59 Å². The second-order valence-corrected chi connectivity index (χ2v) is 5.81. The Labute approximate surface area is 152 Å². The fourth-order valence-electron chi connectivity index (χ4n) is 2.19. The molecule has 0 fully saturated rings. The van der Waals surface area contributed by atoms with Crippen LogP contribution in [0.15, 0.2) is 12.7 Å². The molecule has 0 saturated carbocycles. The van der Waals surface area contributed by atoms with Crippen LogP contribution < -0.4 is 0 Å². The topological polar surface area (TPSA) is 52.6 Å². The van der Waals surface area contributed by atoms with E-state index >= 15 is 0 Å². The summed E-state index contributed by atoms with van der Waals surface area (Å²) in [5, 5.41) is 0. The summed E-state index contributed by atoms with van der Waals surface area (Å²) >= 11 is 0. The van der Waals surface area contributed by atoms with E-state index in [1.807, 2.05) is 0 Å². The average molecular weight is 346 g/mol. The van der Waals surface area contributed by atoms with E-state index in [0.717, 1.165) is 12.8 Å². The van der Waals surface area contributed by atoms with Crippen molar-refractivity contribution in [1.29, 1.82) is 0 Å². The standard InChI is InChI=1S/C21H30O4/c1-5-7-8-9-10-11-12-16-21(25-19(4)23)17-14-13-15-20(6-2)24-18(3)22/h6,20-21H,2,5,7-12,16H2,1,3-4H3/t20-,21-/m1/s1. The third kappa shape index (κ3) is 15.1. The number of hydrogen-bond donors (Lipinski definition) is 0. The van der Waals surface area contributed by atoms with Gasteiger partial charge >= 0.3 is 11.9 Å². The molecule has 25 heavy (non-hydrogen) atoms. The Morgan fingerprint density at radius 2 is 1.48 bits per heavy atom. The first kappa shape index (κ1) is 22.8. The maximum atomic E-state index is 11.2. The Bertz CT molecular complexity index is 528. The van der Waals surface area contributed by atoms with Gasteiger partial charge in [-0.3, -0.25) is 9.59 Å². The SMILES string of the molecule is C=C[C@H](C#CC#C[C@@H](CCCCCCCCC)OC(C)=O)OC(C)=O. The minimum Gasteiger partial charge on any atom is -0.449 e. The summed E-state index contributed by atoms with van der Waals surface area (Å²) in [6, 6.07) is 0. The molecule has 0 aromatic heterocycles. The maximum Gasteiger partial charge on any atom is 0.304 e. The molecule has 0 radical (unpaired) electrons. The molecular weight excluding hydrogens is 316 g/mol. The van der Waals surface area contributed by atoms with Gasteiger partial charge in [0.2, 0.25) is 0 Å². The van der Waals surface area contributed by atoms with Crippen LogP contribution >= 0.6 is 0 Å². The van der Waals surface area contributed by atoms with Gasteiger partial charge in [-0.15, -0.1) is 0 Å². The van der Waals surface area contributed by atoms with Crippen LogP contribution in [-0.4, -0.2) is 24.1 Å². The molecule has 0 unspecified atom stereocenters. The minimum atomic E-state index is -0.679. The first-order chi connectivity index (χ1) is 12.0. The molecule has 0 rings (SSSR count). The second-order valence-electron chi connectivity index (χ2n) is 5.81. The molecule has 0 spiro atoms. The van der Waals surface area contributed by atoms with Crippen molar-refractivity contribution in [2.75, 3.05) is 0 Å². The van der Waals surface area contributed by atoms with Gasteiger partial charge in [0.05, 0.1) is 0 Å². The van der Waals surface area contributed by atoms with E-state index in [4.69, 9.17) is 9.47 Å². The monoisotopic (exact) mass is 346 g/mol. The number of unbranched alkanes of at least 4 members (excludes halogenated alkanes) is 6. The highest BCUT2D eigenvalue weighted by Gasteiger charge is 2.08. The molecular formula is C21H30O4. The minimum absolute atomic E-state index is 0.348. The predicted molar refractivity (Wildman–Crippen MR) is 99.5 cm³/mol. The quantitative estimate of drug-likeness (QED) is 0.244. The molecule has 2 atom stereocenters. The van der Waals surface area contributed by atoms with E-state index in [-0.39, 0.29) is 5.97 Å². The van der Waals surface area contributed by atoms with Crippen molar-refractivity contribution in [2.24, 2.45) is 0 Å². The van der Waals surface area contributed by atoms with Crippen LogP contribution in [0, 0.1) is 23.7 Å². The van der Waals surface area contributed by atoms with Gasteiger partial charge in [-0.1, -0.05) is 52.0 Å². The Morgan fingerprint density at radius 1 is 0.920 bits per heavy atom. The van der Waals surface area contributed by atoms with Gasteiger partial charge in [0.25, 0.3) is 0 Å². The molecule has 0 aromatic carbocycles. The van der Waals surface area contributed by atoms with Crippen LogP contribution in [0.4, 0.5) is 0 Å². The first-order valence-electron chi connectivity index (χ1n) is 8.97. The molecule has 0 N–H and O–H groups in total. The van der Waals surface area contributed by atoms with Crippen molar-refractivity contribution < 1.29 is 19.1 Å². The Hall–Kier alpha value is -2.20. The lowest BCUT2D eigenvalue weighted by Crippen LogP contribution is -2.14. The summed E-state index contributed by atoms with van der Waals surface area (Å²) in [5.41, 5.74) is 0. The summed E-state index contributed by atoms with van der Waals surface area (Å²) in [5.74, 6) is 10.0. The van der Waals surface area contributed by atoms with Crippen molar-refractivity contribution in [3.8, 4) is 23.7 Å². The Morgan fingerprint density at radius 3 is 2.04 bits per heavy atom. The van der Waals surface area contributed by atoms with Crippen LogP contribution in [0.1, 0.15) is 72.1 Å². The van der Waals surface area contributed by atoms with Crippen molar-refractivity contribution in [2.45, 2.75) is 84.3 Å². The zero-order valence-corrected chi connectivity index (χ0v) is 15.7. The lowest BCUT2D eigenvalue weighted by molar-refractivity contribution is -0.144. The lowest BCUT2D eigenvalue weighted by Gasteiger charge is -2.10. The summed E-state index contributed by atoms with van der Waals surface area (Å²) in [7, 11) is 0. The number of esters is 2. The smallest absolute Gasteiger partial charge is 0.304 e. The highest BCUT2D eigenvalue weighted by atomic mass is 16.5. The molecule has 0 aliphatic carbocycles. The van der Waals surface area contributed by atoms with E-state index in [1.165, 1.54) is 52.0 Å². The van der Waals surface area contributed by atoms with Crippen molar-refractivity contribution in [3.63, 3.8) is 0 Å². The summed E-state index contributed by atoms with van der Waals surface area (Å²) in [4.78, 5) is 22.0. The lowest BCUT2D eigenvalue weighted by atomic mass is 10.1. The zero-order chi connectivity index (χ0) is 18.9. The first-order valence-corrected chi connectivity index (χ1v) is 8.97. The Balaban J connectivity index is 4.38. The van der Waals surface area contributed by atoms with Gasteiger partial charge < -0.3 is 9.47 Å². The molecule has 0 aliphatic heterocycles. The summed E-state index contributed by atoms with van der Waals surface area (Å²) in [6.07, 6.45) is 9.36. The molecule has 0 bridgehead atoms. The maximum absolute atomic E-state index is 11.2. The second kappa shape index (κ2) is 15.3. The fraction of sp³-hybridized carbons (Fsp3) is 0.619. The molecule has 4 nitrogen and oxygen atoms in total. The highest BCUT2D eigenvalue weighted by Crippen LogP contribution is 2.11. The molecule has 138 valence electrons. The number of carbonyl (C=O) groups excluding carboxylic acids is 2. The van der Waals surface area contributed by atoms with Crippen molar-refractivity contribution in [1.82, 2.24) is 0 Å².